The summed E-state index contributed by atoms with van der Waals surface area (Å²) in [5, 5.41) is -0.820. The molecule has 0 aliphatic heterocycles. The molecule has 0 saturated carbocycles. The van der Waals surface area contributed by atoms with E-state index >= 15 is 0 Å². The number of aldehydes is 1. The van der Waals surface area contributed by atoms with Crippen molar-refractivity contribution in [3.8, 4) is 5.69 Å². The average Bonchev–Trinajstić information content (AvgIpc) is 2.68. The maximum absolute atomic E-state index is 14.4. The van der Waals surface area contributed by atoms with E-state index in [1.807, 2.05) is 13.8 Å². The van der Waals surface area contributed by atoms with Gasteiger partial charge in [-0.2, -0.15) is 13.2 Å². The minimum absolute atomic E-state index is 0.0131. The fourth-order valence-electron chi connectivity index (χ4n) is 2.33. The highest BCUT2D eigenvalue weighted by Crippen LogP contribution is 2.33. The van der Waals surface area contributed by atoms with Crippen LogP contribution in [-0.4, -0.2) is 34.4 Å². The highest BCUT2D eigenvalue weighted by atomic mass is 35.5. The van der Waals surface area contributed by atoms with Crippen LogP contribution in [0.1, 0.15) is 19.5 Å². The fraction of sp³-hybridized carbons (Fsp3) is 0.389. The monoisotopic (exact) mass is 470 g/mol. The minimum atomic E-state index is -4.94. The first-order chi connectivity index (χ1) is 14.0. The van der Waals surface area contributed by atoms with Crippen LogP contribution < -0.4 is 11.2 Å². The molecule has 1 unspecified atom stereocenters. The van der Waals surface area contributed by atoms with Gasteiger partial charge in [-0.1, -0.05) is 25.4 Å². The van der Waals surface area contributed by atoms with E-state index in [0.717, 1.165) is 30.9 Å². The molecule has 1 aromatic heterocycles. The third-order valence-electron chi connectivity index (χ3n) is 3.61. The van der Waals surface area contributed by atoms with Crippen molar-refractivity contribution in [3.05, 3.63) is 55.6 Å². The lowest BCUT2D eigenvalue weighted by Gasteiger charge is -2.16. The maximum Gasteiger partial charge on any atom is 0.431 e. The van der Waals surface area contributed by atoms with Crippen molar-refractivity contribution in [2.75, 3.05) is 13.7 Å². The summed E-state index contributed by atoms with van der Waals surface area (Å²) in [6.07, 6.45) is -4.38. The number of ether oxygens (including phenoxy) is 1. The zero-order valence-corrected chi connectivity index (χ0v) is 18.0. The summed E-state index contributed by atoms with van der Waals surface area (Å²) < 4.78 is 58.5. The molecule has 12 heteroatoms. The molecule has 0 bridgehead atoms. The van der Waals surface area contributed by atoms with E-state index in [2.05, 4.69) is 0 Å². The van der Waals surface area contributed by atoms with Crippen LogP contribution in [0.15, 0.2) is 32.7 Å². The Bertz CT molecular complexity index is 1020. The quantitative estimate of drug-likeness (QED) is 0.366. The summed E-state index contributed by atoms with van der Waals surface area (Å²) in [5.74, 6) is -1.09. The zero-order valence-electron chi connectivity index (χ0n) is 16.4. The molecule has 1 heterocycles. The number of carbonyl (C=O) groups is 1. The third kappa shape index (κ3) is 5.73. The summed E-state index contributed by atoms with van der Waals surface area (Å²) >= 11 is 6.83. The number of benzene rings is 1. The fourth-order valence-corrected chi connectivity index (χ4v) is 3.55. The molecule has 1 atom stereocenters. The van der Waals surface area contributed by atoms with Crippen LogP contribution in [0.25, 0.3) is 5.69 Å². The number of hydrogen-bond acceptors (Lipinski definition) is 5. The van der Waals surface area contributed by atoms with Gasteiger partial charge in [0.05, 0.1) is 22.6 Å². The summed E-state index contributed by atoms with van der Waals surface area (Å²) in [6, 6.07) is 2.02. The molecule has 0 aliphatic carbocycles. The van der Waals surface area contributed by atoms with Crippen molar-refractivity contribution in [1.82, 2.24) is 9.13 Å². The van der Waals surface area contributed by atoms with Gasteiger partial charge in [0.1, 0.15) is 17.8 Å². The molecule has 30 heavy (non-hydrogen) atoms. The second kappa shape index (κ2) is 10.8. The summed E-state index contributed by atoms with van der Waals surface area (Å²) in [5.41, 5.74) is -4.81. The Morgan fingerprint density at radius 3 is 2.33 bits per heavy atom. The second-order valence-corrected chi connectivity index (χ2v) is 7.21. The van der Waals surface area contributed by atoms with Gasteiger partial charge in [0.15, 0.2) is 0 Å². The molecular formula is C18H19ClF4N2O4S. The zero-order chi connectivity index (χ0) is 23.2. The Hall–Kier alpha value is -2.11. The minimum Gasteiger partial charge on any atom is -0.383 e. The van der Waals surface area contributed by atoms with E-state index in [-0.39, 0.29) is 31.7 Å². The summed E-state index contributed by atoms with van der Waals surface area (Å²) in [7, 11) is 2.17. The number of hydrogen-bond donors (Lipinski definition) is 0. The number of aromatic nitrogens is 2. The largest absolute Gasteiger partial charge is 0.431 e. The van der Waals surface area contributed by atoms with Crippen LogP contribution in [-0.2, 0) is 22.8 Å². The van der Waals surface area contributed by atoms with Crippen LogP contribution in [0.5, 0.6) is 0 Å². The van der Waals surface area contributed by atoms with Crippen molar-refractivity contribution >= 4 is 29.6 Å². The molecule has 0 aliphatic rings. The first-order valence-corrected chi connectivity index (χ1v) is 9.77. The Morgan fingerprint density at radius 1 is 1.23 bits per heavy atom. The van der Waals surface area contributed by atoms with E-state index < -0.39 is 39.9 Å². The third-order valence-corrected chi connectivity index (χ3v) is 5.18. The smallest absolute Gasteiger partial charge is 0.383 e. The van der Waals surface area contributed by atoms with Crippen molar-refractivity contribution in [2.24, 2.45) is 7.05 Å². The molecule has 0 saturated heterocycles. The van der Waals surface area contributed by atoms with Crippen molar-refractivity contribution in [3.63, 3.8) is 0 Å². The lowest BCUT2D eigenvalue weighted by atomic mass is 10.3. The van der Waals surface area contributed by atoms with Crippen LogP contribution >= 0.6 is 23.4 Å². The lowest BCUT2D eigenvalue weighted by Crippen LogP contribution is -2.41. The van der Waals surface area contributed by atoms with Gasteiger partial charge in [-0.25, -0.2) is 13.8 Å². The normalized spacial score (nSPS) is 12.2. The number of nitrogens with zero attached hydrogens (tertiary/aromatic N) is 2. The van der Waals surface area contributed by atoms with Gasteiger partial charge in [0.25, 0.3) is 5.56 Å². The topological polar surface area (TPSA) is 70.3 Å². The van der Waals surface area contributed by atoms with Gasteiger partial charge >= 0.3 is 11.9 Å². The number of rotatable bonds is 6. The molecule has 166 valence electrons. The first kappa shape index (κ1) is 25.9. The Kier molecular flexibility index (Phi) is 9.32. The molecule has 2 aromatic rings. The van der Waals surface area contributed by atoms with Crippen LogP contribution in [0, 0.1) is 5.82 Å². The molecule has 2 rings (SSSR count). The molecule has 0 fully saturated rings. The number of carbonyl (C=O) groups excluding carboxylic acids is 1. The molecule has 6 nitrogen and oxygen atoms in total. The average molecular weight is 471 g/mol. The van der Waals surface area contributed by atoms with Gasteiger partial charge < -0.3 is 9.53 Å². The molecule has 0 spiro atoms. The van der Waals surface area contributed by atoms with E-state index in [4.69, 9.17) is 16.3 Å². The highest BCUT2D eigenvalue weighted by molar-refractivity contribution is 8.00. The van der Waals surface area contributed by atoms with Crippen LogP contribution in [0.3, 0.4) is 0 Å². The Morgan fingerprint density at radius 2 is 1.83 bits per heavy atom. The van der Waals surface area contributed by atoms with Gasteiger partial charge in [-0.15, -0.1) is 11.8 Å². The number of methoxy groups -OCH3 is 1. The van der Waals surface area contributed by atoms with Gasteiger partial charge in [0.2, 0.25) is 0 Å². The van der Waals surface area contributed by atoms with Gasteiger partial charge in [-0.3, -0.25) is 9.36 Å². The highest BCUT2D eigenvalue weighted by Gasteiger charge is 2.35. The Labute approximate surface area is 178 Å². The number of alkyl halides is 3. The van der Waals surface area contributed by atoms with Gasteiger partial charge in [-0.05, 0) is 12.1 Å². The summed E-state index contributed by atoms with van der Waals surface area (Å²) in [4.78, 5) is 35.7. The van der Waals surface area contributed by atoms with Crippen molar-refractivity contribution < 1.29 is 27.1 Å². The van der Waals surface area contributed by atoms with E-state index in [1.165, 1.54) is 7.11 Å². The summed E-state index contributed by atoms with van der Waals surface area (Å²) in [6.45, 7) is 4.01. The SMILES string of the molecule is CC.COCC(C=O)Sc1cc(-n2c(=O)cc(C(F)(F)F)n(C)c2=O)c(F)cc1Cl. The predicted octanol–water partition coefficient (Wildman–Crippen LogP) is 3.68. The molecule has 0 radical (unpaired) electrons. The maximum atomic E-state index is 14.4. The molecule has 0 amide bonds. The van der Waals surface area contributed by atoms with E-state index in [0.29, 0.717) is 6.29 Å². The van der Waals surface area contributed by atoms with Crippen LogP contribution in [0.4, 0.5) is 17.6 Å². The predicted molar refractivity (Wildman–Crippen MR) is 106 cm³/mol. The lowest BCUT2D eigenvalue weighted by molar-refractivity contribution is -0.144. The van der Waals surface area contributed by atoms with E-state index in [9.17, 15) is 31.9 Å². The second-order valence-electron chi connectivity index (χ2n) is 5.52. The number of halogens is 5. The van der Waals surface area contributed by atoms with Crippen molar-refractivity contribution in [1.29, 1.82) is 0 Å². The molecule has 0 N–H and O–H groups in total. The van der Waals surface area contributed by atoms with Gasteiger partial charge in [0, 0.05) is 25.1 Å². The standard InChI is InChI=1S/C16H13ClF4N2O4S.C2H6/c1-22-13(16(19,20)21)5-14(25)23(15(22)26)11-4-12(9(17)3-10(11)18)28-8(6-24)7-27-2;1-2/h3-6,8H,7H2,1-2H3;1-2H3. The van der Waals surface area contributed by atoms with Crippen molar-refractivity contribution in [2.45, 2.75) is 30.2 Å². The Balaban J connectivity index is 0.00000218. The molecule has 1 aromatic carbocycles. The molecular weight excluding hydrogens is 452 g/mol. The first-order valence-electron chi connectivity index (χ1n) is 8.51. The van der Waals surface area contributed by atoms with Crippen LogP contribution in [0.2, 0.25) is 5.02 Å². The number of thioether (sulfide) groups is 1. The van der Waals surface area contributed by atoms with E-state index in [1.54, 1.807) is 0 Å².